The van der Waals surface area contributed by atoms with E-state index in [1.807, 2.05) is 12.1 Å². The Bertz CT molecular complexity index is 744. The lowest BCUT2D eigenvalue weighted by Crippen LogP contribution is -2.33. The van der Waals surface area contributed by atoms with Crippen LogP contribution in [0.25, 0.3) is 0 Å². The van der Waals surface area contributed by atoms with Gasteiger partial charge < -0.3 is 9.64 Å². The van der Waals surface area contributed by atoms with Crippen molar-refractivity contribution in [1.29, 1.82) is 0 Å². The molecule has 1 fully saturated rings. The van der Waals surface area contributed by atoms with Crippen molar-refractivity contribution < 1.29 is 18.3 Å². The number of amides is 1. The highest BCUT2D eigenvalue weighted by Crippen LogP contribution is 2.30. The Hall–Kier alpha value is -2.27. The first-order valence-corrected chi connectivity index (χ1v) is 7.91. The van der Waals surface area contributed by atoms with Gasteiger partial charge in [-0.1, -0.05) is 18.2 Å². The summed E-state index contributed by atoms with van der Waals surface area (Å²) in [6, 6.07) is 10.8. The third kappa shape index (κ3) is 3.79. The fourth-order valence-electron chi connectivity index (χ4n) is 2.71. The number of carbonyl (C=O) groups excluding carboxylic acids is 1. The number of hydrogen-bond acceptors (Lipinski definition) is 2. The molecule has 0 N–H and O–H groups in total. The predicted molar refractivity (Wildman–Crippen MR) is 86.4 cm³/mol. The summed E-state index contributed by atoms with van der Waals surface area (Å²) in [5.41, 5.74) is 1.79. The molecule has 1 amide bonds. The van der Waals surface area contributed by atoms with Crippen LogP contribution in [0.2, 0.25) is 0 Å². The largest absolute Gasteiger partial charge is 0.380 e. The van der Waals surface area contributed by atoms with E-state index in [1.54, 1.807) is 24.1 Å². The van der Waals surface area contributed by atoms with Gasteiger partial charge in [0.05, 0.1) is 6.61 Å². The molecule has 3 nitrogen and oxygen atoms in total. The summed E-state index contributed by atoms with van der Waals surface area (Å²) < 4.78 is 32.1. The van der Waals surface area contributed by atoms with Crippen LogP contribution in [0.3, 0.4) is 0 Å². The SMILES string of the molecule is COCc1cccc(C(=O)N(Cc2ccc(F)cc2F)C2CC2)c1. The van der Waals surface area contributed by atoms with E-state index in [4.69, 9.17) is 4.74 Å². The average molecular weight is 331 g/mol. The maximum absolute atomic E-state index is 13.9. The Morgan fingerprint density at radius 2 is 2.00 bits per heavy atom. The quantitative estimate of drug-likeness (QED) is 0.803. The summed E-state index contributed by atoms with van der Waals surface area (Å²) in [6.45, 7) is 0.571. The first kappa shape index (κ1) is 16.6. The fourth-order valence-corrected chi connectivity index (χ4v) is 2.71. The molecule has 5 heteroatoms. The van der Waals surface area contributed by atoms with Gasteiger partial charge in [0.25, 0.3) is 5.91 Å². The van der Waals surface area contributed by atoms with Crippen LogP contribution < -0.4 is 0 Å². The summed E-state index contributed by atoms with van der Waals surface area (Å²) in [7, 11) is 1.60. The smallest absolute Gasteiger partial charge is 0.254 e. The molecule has 1 aliphatic rings. The standard InChI is InChI=1S/C19H19F2NO2/c1-24-12-13-3-2-4-14(9-13)19(23)22(17-7-8-17)11-15-5-6-16(20)10-18(15)21/h2-6,9-10,17H,7-8,11-12H2,1H3. The molecule has 1 aliphatic carbocycles. The van der Waals surface area contributed by atoms with E-state index in [0.29, 0.717) is 17.7 Å². The van der Waals surface area contributed by atoms with Crippen LogP contribution in [-0.2, 0) is 17.9 Å². The summed E-state index contributed by atoms with van der Waals surface area (Å²) in [4.78, 5) is 14.5. The van der Waals surface area contributed by atoms with Gasteiger partial charge >= 0.3 is 0 Å². The van der Waals surface area contributed by atoms with E-state index >= 15 is 0 Å². The molecule has 1 saturated carbocycles. The Morgan fingerprint density at radius 1 is 1.21 bits per heavy atom. The maximum atomic E-state index is 13.9. The van der Waals surface area contributed by atoms with Crippen molar-refractivity contribution >= 4 is 5.91 Å². The highest BCUT2D eigenvalue weighted by Gasteiger charge is 2.33. The Kier molecular flexibility index (Phi) is 4.90. The first-order chi connectivity index (χ1) is 11.6. The van der Waals surface area contributed by atoms with E-state index in [1.165, 1.54) is 12.1 Å². The molecule has 0 radical (unpaired) electrons. The third-order valence-electron chi connectivity index (χ3n) is 4.09. The molecule has 0 saturated heterocycles. The molecule has 3 rings (SSSR count). The molecular formula is C19H19F2NO2. The molecule has 0 aliphatic heterocycles. The van der Waals surface area contributed by atoms with Gasteiger partial charge in [-0.3, -0.25) is 4.79 Å². The zero-order valence-corrected chi connectivity index (χ0v) is 13.5. The highest BCUT2D eigenvalue weighted by atomic mass is 19.1. The van der Waals surface area contributed by atoms with Crippen molar-refractivity contribution in [2.45, 2.75) is 32.0 Å². The number of nitrogens with zero attached hydrogens (tertiary/aromatic N) is 1. The van der Waals surface area contributed by atoms with Gasteiger partial charge in [0.2, 0.25) is 0 Å². The third-order valence-corrected chi connectivity index (χ3v) is 4.09. The van der Waals surface area contributed by atoms with Crippen molar-refractivity contribution in [3.63, 3.8) is 0 Å². The van der Waals surface area contributed by atoms with Crippen LogP contribution in [0, 0.1) is 11.6 Å². The predicted octanol–water partition coefficient (Wildman–Crippen LogP) is 3.92. The zero-order valence-electron chi connectivity index (χ0n) is 13.5. The van der Waals surface area contributed by atoms with Crippen LogP contribution in [0.5, 0.6) is 0 Å². The molecule has 0 bridgehead atoms. The van der Waals surface area contributed by atoms with Crippen LogP contribution in [0.4, 0.5) is 8.78 Å². The highest BCUT2D eigenvalue weighted by molar-refractivity contribution is 5.94. The number of rotatable bonds is 6. The molecular weight excluding hydrogens is 312 g/mol. The topological polar surface area (TPSA) is 29.5 Å². The Balaban J connectivity index is 1.83. The minimum atomic E-state index is -0.624. The Labute approximate surface area is 139 Å². The summed E-state index contributed by atoms with van der Waals surface area (Å²) >= 11 is 0. The number of benzene rings is 2. The fraction of sp³-hybridized carbons (Fsp3) is 0.316. The molecule has 0 spiro atoms. The van der Waals surface area contributed by atoms with E-state index < -0.39 is 11.6 Å². The van der Waals surface area contributed by atoms with Gasteiger partial charge in [-0.25, -0.2) is 8.78 Å². The summed E-state index contributed by atoms with van der Waals surface area (Å²) in [5, 5.41) is 0. The molecule has 0 heterocycles. The molecule has 0 aromatic heterocycles. The molecule has 2 aromatic carbocycles. The maximum Gasteiger partial charge on any atom is 0.254 e. The number of methoxy groups -OCH3 is 1. The second kappa shape index (κ2) is 7.09. The van der Waals surface area contributed by atoms with Crippen LogP contribution in [0.1, 0.15) is 34.3 Å². The lowest BCUT2D eigenvalue weighted by Gasteiger charge is -2.23. The van der Waals surface area contributed by atoms with Gasteiger partial charge in [-0.05, 0) is 36.6 Å². The Morgan fingerprint density at radius 3 is 2.67 bits per heavy atom. The van der Waals surface area contributed by atoms with E-state index in [0.717, 1.165) is 24.5 Å². The second-order valence-electron chi connectivity index (χ2n) is 6.03. The summed E-state index contributed by atoms with van der Waals surface area (Å²) in [6.07, 6.45) is 1.82. The van der Waals surface area contributed by atoms with Crippen molar-refractivity contribution in [1.82, 2.24) is 4.90 Å². The zero-order chi connectivity index (χ0) is 17.1. The molecule has 2 aromatic rings. The lowest BCUT2D eigenvalue weighted by atomic mass is 10.1. The van der Waals surface area contributed by atoms with Crippen molar-refractivity contribution in [2.24, 2.45) is 0 Å². The second-order valence-corrected chi connectivity index (χ2v) is 6.03. The number of ether oxygens (including phenoxy) is 1. The molecule has 126 valence electrons. The van der Waals surface area contributed by atoms with Crippen molar-refractivity contribution in [2.75, 3.05) is 7.11 Å². The van der Waals surface area contributed by atoms with Crippen LogP contribution in [0.15, 0.2) is 42.5 Å². The number of hydrogen-bond donors (Lipinski definition) is 0. The number of carbonyl (C=O) groups is 1. The van der Waals surface area contributed by atoms with Crippen LogP contribution in [-0.4, -0.2) is 24.0 Å². The van der Waals surface area contributed by atoms with E-state index in [2.05, 4.69) is 0 Å². The minimum Gasteiger partial charge on any atom is -0.380 e. The van der Waals surface area contributed by atoms with E-state index in [-0.39, 0.29) is 18.5 Å². The first-order valence-electron chi connectivity index (χ1n) is 7.91. The minimum absolute atomic E-state index is 0.119. The van der Waals surface area contributed by atoms with Gasteiger partial charge in [0, 0.05) is 36.9 Å². The van der Waals surface area contributed by atoms with Gasteiger partial charge in [0.1, 0.15) is 11.6 Å². The number of halogens is 2. The monoisotopic (exact) mass is 331 g/mol. The van der Waals surface area contributed by atoms with E-state index in [9.17, 15) is 13.6 Å². The summed E-state index contributed by atoms with van der Waals surface area (Å²) in [5.74, 6) is -1.38. The van der Waals surface area contributed by atoms with Crippen molar-refractivity contribution in [3.8, 4) is 0 Å². The average Bonchev–Trinajstić information content (AvgIpc) is 3.39. The van der Waals surface area contributed by atoms with Crippen molar-refractivity contribution in [3.05, 3.63) is 70.8 Å². The molecule has 0 atom stereocenters. The normalized spacial score (nSPS) is 13.8. The van der Waals surface area contributed by atoms with Gasteiger partial charge in [0.15, 0.2) is 0 Å². The van der Waals surface area contributed by atoms with Crippen LogP contribution >= 0.6 is 0 Å². The molecule has 24 heavy (non-hydrogen) atoms. The molecule has 0 unspecified atom stereocenters. The lowest BCUT2D eigenvalue weighted by molar-refractivity contribution is 0.0728. The van der Waals surface area contributed by atoms with Gasteiger partial charge in [-0.15, -0.1) is 0 Å². The van der Waals surface area contributed by atoms with Gasteiger partial charge in [-0.2, -0.15) is 0 Å².